The molecule has 4 rings (SSSR count). The van der Waals surface area contributed by atoms with Gasteiger partial charge in [0, 0.05) is 12.1 Å². The molecule has 0 aliphatic carbocycles. The number of nitrogens with zero attached hydrogens (tertiary/aromatic N) is 1. The predicted octanol–water partition coefficient (Wildman–Crippen LogP) is 3.60. The molecule has 0 atom stereocenters. The molecule has 0 unspecified atom stereocenters. The highest BCUT2D eigenvalue weighted by molar-refractivity contribution is 5.98. The first-order chi connectivity index (χ1) is 16.1. The third kappa shape index (κ3) is 5.09. The molecule has 1 aliphatic heterocycles. The van der Waals surface area contributed by atoms with Crippen LogP contribution in [-0.4, -0.2) is 39.2 Å². The van der Waals surface area contributed by atoms with Crippen molar-refractivity contribution in [2.75, 3.05) is 32.3 Å². The molecular formula is C26H26N2O5. The molecule has 1 heterocycles. The molecule has 0 aromatic heterocycles. The van der Waals surface area contributed by atoms with Crippen LogP contribution in [0.5, 0.6) is 17.2 Å². The average Bonchev–Trinajstić information content (AvgIpc) is 2.85. The third-order valence-corrected chi connectivity index (χ3v) is 5.49. The zero-order valence-electron chi connectivity index (χ0n) is 18.7. The van der Waals surface area contributed by atoms with Crippen molar-refractivity contribution in [2.45, 2.75) is 13.0 Å². The zero-order valence-corrected chi connectivity index (χ0v) is 18.7. The van der Waals surface area contributed by atoms with E-state index in [4.69, 9.17) is 14.2 Å². The Morgan fingerprint density at radius 3 is 2.61 bits per heavy atom. The fraction of sp³-hybridized carbons (Fsp3) is 0.231. The van der Waals surface area contributed by atoms with Gasteiger partial charge in [0.25, 0.3) is 11.8 Å². The summed E-state index contributed by atoms with van der Waals surface area (Å²) in [5.41, 5.74) is 3.19. The maximum atomic E-state index is 12.7. The summed E-state index contributed by atoms with van der Waals surface area (Å²) in [7, 11) is 3.19. The second-order valence-corrected chi connectivity index (χ2v) is 7.63. The van der Waals surface area contributed by atoms with E-state index in [2.05, 4.69) is 5.32 Å². The number of carbonyl (C=O) groups is 2. The predicted molar refractivity (Wildman–Crippen MR) is 125 cm³/mol. The first-order valence-electron chi connectivity index (χ1n) is 10.7. The Morgan fingerprint density at radius 2 is 1.79 bits per heavy atom. The SMILES string of the molecule is COc1ccc(CCNC(=O)c2cccc(CN3C(=O)COc4ccccc43)c2)cc1OC. The van der Waals surface area contributed by atoms with Gasteiger partial charge in [-0.2, -0.15) is 0 Å². The smallest absolute Gasteiger partial charge is 0.265 e. The maximum Gasteiger partial charge on any atom is 0.265 e. The number of anilines is 1. The number of hydrogen-bond acceptors (Lipinski definition) is 5. The lowest BCUT2D eigenvalue weighted by Gasteiger charge is -2.29. The molecule has 2 amide bonds. The molecule has 0 bridgehead atoms. The van der Waals surface area contributed by atoms with Gasteiger partial charge in [0.2, 0.25) is 0 Å². The van der Waals surface area contributed by atoms with E-state index in [1.807, 2.05) is 60.7 Å². The van der Waals surface area contributed by atoms with Crippen LogP contribution in [0, 0.1) is 0 Å². The number of para-hydroxylation sites is 2. The molecular weight excluding hydrogens is 420 g/mol. The van der Waals surface area contributed by atoms with Gasteiger partial charge in [-0.3, -0.25) is 9.59 Å². The van der Waals surface area contributed by atoms with Gasteiger partial charge >= 0.3 is 0 Å². The standard InChI is InChI=1S/C26H26N2O5/c1-31-23-11-10-18(15-24(23)32-2)12-13-27-26(30)20-7-5-6-19(14-20)16-28-21-8-3-4-9-22(21)33-17-25(28)29/h3-11,14-15H,12-13,16-17H2,1-2H3,(H,27,30). The van der Waals surface area contributed by atoms with Gasteiger partial charge in [-0.15, -0.1) is 0 Å². The summed E-state index contributed by atoms with van der Waals surface area (Å²) in [6, 6.07) is 20.5. The van der Waals surface area contributed by atoms with Crippen molar-refractivity contribution in [1.29, 1.82) is 0 Å². The van der Waals surface area contributed by atoms with Crippen molar-refractivity contribution in [2.24, 2.45) is 0 Å². The summed E-state index contributed by atoms with van der Waals surface area (Å²) in [5, 5.41) is 2.96. The number of ether oxygens (including phenoxy) is 3. The zero-order chi connectivity index (χ0) is 23.2. The molecule has 7 nitrogen and oxygen atoms in total. The molecule has 1 N–H and O–H groups in total. The first-order valence-corrected chi connectivity index (χ1v) is 10.7. The van der Waals surface area contributed by atoms with E-state index in [1.165, 1.54) is 0 Å². The van der Waals surface area contributed by atoms with Crippen molar-refractivity contribution in [1.82, 2.24) is 5.32 Å². The summed E-state index contributed by atoms with van der Waals surface area (Å²) < 4.78 is 16.1. The number of amides is 2. The molecule has 0 spiro atoms. The Balaban J connectivity index is 1.39. The number of benzene rings is 3. The average molecular weight is 447 g/mol. The van der Waals surface area contributed by atoms with E-state index in [-0.39, 0.29) is 18.4 Å². The first kappa shape index (κ1) is 22.2. The molecule has 33 heavy (non-hydrogen) atoms. The van der Waals surface area contributed by atoms with Crippen LogP contribution in [0.25, 0.3) is 0 Å². The fourth-order valence-electron chi connectivity index (χ4n) is 3.78. The van der Waals surface area contributed by atoms with Crippen LogP contribution in [0.2, 0.25) is 0 Å². The number of rotatable bonds is 8. The highest BCUT2D eigenvalue weighted by atomic mass is 16.5. The minimum atomic E-state index is -0.161. The van der Waals surface area contributed by atoms with Gasteiger partial charge in [0.15, 0.2) is 18.1 Å². The number of methoxy groups -OCH3 is 2. The molecule has 0 radical (unpaired) electrons. The Bertz CT molecular complexity index is 1160. The maximum absolute atomic E-state index is 12.7. The second-order valence-electron chi connectivity index (χ2n) is 7.63. The van der Waals surface area contributed by atoms with Gasteiger partial charge in [-0.1, -0.05) is 30.3 Å². The van der Waals surface area contributed by atoms with E-state index in [1.54, 1.807) is 25.2 Å². The Labute approximate surface area is 192 Å². The largest absolute Gasteiger partial charge is 0.493 e. The summed E-state index contributed by atoms with van der Waals surface area (Å²) >= 11 is 0. The van der Waals surface area contributed by atoms with Crippen LogP contribution in [0.15, 0.2) is 66.7 Å². The monoisotopic (exact) mass is 446 g/mol. The molecule has 3 aromatic rings. The highest BCUT2D eigenvalue weighted by Crippen LogP contribution is 2.32. The van der Waals surface area contributed by atoms with Gasteiger partial charge in [0.1, 0.15) is 5.75 Å². The van der Waals surface area contributed by atoms with E-state index >= 15 is 0 Å². The van der Waals surface area contributed by atoms with Crippen LogP contribution < -0.4 is 24.4 Å². The third-order valence-electron chi connectivity index (χ3n) is 5.49. The van der Waals surface area contributed by atoms with Crippen molar-refractivity contribution < 1.29 is 23.8 Å². The van der Waals surface area contributed by atoms with Crippen LogP contribution >= 0.6 is 0 Å². The fourth-order valence-corrected chi connectivity index (χ4v) is 3.78. The van der Waals surface area contributed by atoms with E-state index < -0.39 is 0 Å². The van der Waals surface area contributed by atoms with Gasteiger partial charge in [-0.05, 0) is 53.9 Å². The van der Waals surface area contributed by atoms with Crippen molar-refractivity contribution in [3.05, 3.63) is 83.4 Å². The molecule has 0 fully saturated rings. The summed E-state index contributed by atoms with van der Waals surface area (Å²) in [5.74, 6) is 1.74. The Kier molecular flexibility index (Phi) is 6.78. The number of carbonyl (C=O) groups excluding carboxylic acids is 2. The molecule has 170 valence electrons. The Hall–Kier alpha value is -4.00. The van der Waals surface area contributed by atoms with Crippen molar-refractivity contribution >= 4 is 17.5 Å². The highest BCUT2D eigenvalue weighted by Gasteiger charge is 2.25. The van der Waals surface area contributed by atoms with Crippen molar-refractivity contribution in [3.63, 3.8) is 0 Å². The van der Waals surface area contributed by atoms with Crippen LogP contribution in [-0.2, 0) is 17.8 Å². The van der Waals surface area contributed by atoms with E-state index in [0.717, 1.165) is 16.8 Å². The topological polar surface area (TPSA) is 77.1 Å². The van der Waals surface area contributed by atoms with E-state index in [9.17, 15) is 9.59 Å². The molecule has 3 aromatic carbocycles. The molecule has 0 saturated carbocycles. The summed E-state index contributed by atoms with van der Waals surface area (Å²) in [6.07, 6.45) is 0.658. The number of hydrogen-bond donors (Lipinski definition) is 1. The van der Waals surface area contributed by atoms with Gasteiger partial charge in [-0.25, -0.2) is 0 Å². The van der Waals surface area contributed by atoms with Crippen LogP contribution in [0.4, 0.5) is 5.69 Å². The number of nitrogens with one attached hydrogen (secondary N) is 1. The lowest BCUT2D eigenvalue weighted by molar-refractivity contribution is -0.121. The molecule has 0 saturated heterocycles. The summed E-state index contributed by atoms with van der Waals surface area (Å²) in [6.45, 7) is 0.854. The van der Waals surface area contributed by atoms with Crippen LogP contribution in [0.3, 0.4) is 0 Å². The lowest BCUT2D eigenvalue weighted by Crippen LogP contribution is -2.38. The minimum absolute atomic E-state index is 0.00728. The normalized spacial score (nSPS) is 12.5. The van der Waals surface area contributed by atoms with Gasteiger partial charge in [0.05, 0.1) is 26.5 Å². The Morgan fingerprint density at radius 1 is 0.970 bits per heavy atom. The van der Waals surface area contributed by atoms with Crippen molar-refractivity contribution in [3.8, 4) is 17.2 Å². The summed E-state index contributed by atoms with van der Waals surface area (Å²) in [4.78, 5) is 26.8. The van der Waals surface area contributed by atoms with Gasteiger partial charge < -0.3 is 24.4 Å². The van der Waals surface area contributed by atoms with Crippen LogP contribution in [0.1, 0.15) is 21.5 Å². The molecule has 7 heteroatoms. The number of fused-ring (bicyclic) bond motifs is 1. The second kappa shape index (κ2) is 10.1. The molecule has 1 aliphatic rings. The minimum Gasteiger partial charge on any atom is -0.493 e. The quantitative estimate of drug-likeness (QED) is 0.572. The lowest BCUT2D eigenvalue weighted by atomic mass is 10.1. The van der Waals surface area contributed by atoms with E-state index in [0.29, 0.717) is 42.3 Å².